The summed E-state index contributed by atoms with van der Waals surface area (Å²) in [6.45, 7) is 4.57. The molecule has 1 aliphatic rings. The van der Waals surface area contributed by atoms with Gasteiger partial charge in [0.05, 0.1) is 23.4 Å². The van der Waals surface area contributed by atoms with Gasteiger partial charge in [0.15, 0.2) is 5.76 Å². The molecule has 0 bridgehead atoms. The molecular formula is C18H20N2O4. The molecule has 24 heavy (non-hydrogen) atoms. The second-order valence-electron chi connectivity index (χ2n) is 6.39. The van der Waals surface area contributed by atoms with Crippen molar-refractivity contribution < 1.29 is 19.1 Å². The molecule has 3 heterocycles. The minimum Gasteiger partial charge on any atom is -0.481 e. The number of piperidine rings is 1. The molecule has 1 saturated heterocycles. The molecule has 6 nitrogen and oxygen atoms in total. The van der Waals surface area contributed by atoms with Gasteiger partial charge in [-0.1, -0.05) is 6.92 Å². The van der Waals surface area contributed by atoms with Crippen LogP contribution in [0.3, 0.4) is 0 Å². The number of amides is 1. The first-order valence-electron chi connectivity index (χ1n) is 7.99. The first kappa shape index (κ1) is 16.2. The van der Waals surface area contributed by atoms with Gasteiger partial charge in [-0.25, -0.2) is 4.98 Å². The lowest BCUT2D eigenvalue weighted by Crippen LogP contribution is -2.45. The molecule has 1 amide bonds. The van der Waals surface area contributed by atoms with Gasteiger partial charge in [-0.2, -0.15) is 0 Å². The maximum Gasteiger partial charge on any atom is 0.308 e. The Hall–Kier alpha value is -2.63. The van der Waals surface area contributed by atoms with Crippen molar-refractivity contribution in [2.24, 2.45) is 11.8 Å². The topological polar surface area (TPSA) is 83.6 Å². The Bertz CT molecular complexity index is 754. The zero-order valence-corrected chi connectivity index (χ0v) is 13.7. The highest BCUT2D eigenvalue weighted by Gasteiger charge is 2.32. The van der Waals surface area contributed by atoms with E-state index < -0.39 is 11.9 Å². The van der Waals surface area contributed by atoms with Gasteiger partial charge in [-0.3, -0.25) is 9.59 Å². The number of carboxylic acid groups (broad SMARTS) is 1. The molecule has 2 unspecified atom stereocenters. The van der Waals surface area contributed by atoms with Crippen molar-refractivity contribution in [3.8, 4) is 11.5 Å². The van der Waals surface area contributed by atoms with Crippen molar-refractivity contribution in [2.75, 3.05) is 13.1 Å². The van der Waals surface area contributed by atoms with Crippen molar-refractivity contribution in [3.63, 3.8) is 0 Å². The second-order valence-corrected chi connectivity index (χ2v) is 6.39. The fourth-order valence-corrected chi connectivity index (χ4v) is 3.22. The maximum atomic E-state index is 12.8. The number of hydrogen-bond acceptors (Lipinski definition) is 4. The number of pyridine rings is 1. The Morgan fingerprint density at radius 3 is 2.71 bits per heavy atom. The van der Waals surface area contributed by atoms with E-state index in [4.69, 9.17) is 4.42 Å². The summed E-state index contributed by atoms with van der Waals surface area (Å²) >= 11 is 0. The molecule has 2 atom stereocenters. The molecule has 1 fully saturated rings. The van der Waals surface area contributed by atoms with Crippen LogP contribution >= 0.6 is 0 Å². The van der Waals surface area contributed by atoms with Crippen LogP contribution in [-0.4, -0.2) is 40.0 Å². The fraction of sp³-hybridized carbons (Fsp3) is 0.389. The normalized spacial score (nSPS) is 20.8. The Labute approximate surface area is 140 Å². The third-order valence-electron chi connectivity index (χ3n) is 4.39. The van der Waals surface area contributed by atoms with Gasteiger partial charge in [0.2, 0.25) is 0 Å². The Morgan fingerprint density at radius 1 is 1.29 bits per heavy atom. The molecule has 2 aromatic rings. The molecule has 0 aromatic carbocycles. The SMILES string of the molecule is Cc1nc(-c2ccco2)ccc1C(=O)N1CC(C)CC(C(=O)O)C1. The molecule has 0 radical (unpaired) electrons. The Balaban J connectivity index is 1.83. The summed E-state index contributed by atoms with van der Waals surface area (Å²) in [6.07, 6.45) is 2.18. The quantitative estimate of drug-likeness (QED) is 0.936. The van der Waals surface area contributed by atoms with Crippen LogP contribution < -0.4 is 0 Å². The second kappa shape index (κ2) is 6.47. The third-order valence-corrected chi connectivity index (χ3v) is 4.39. The van der Waals surface area contributed by atoms with E-state index in [0.717, 1.165) is 0 Å². The van der Waals surface area contributed by atoms with E-state index in [-0.39, 0.29) is 18.4 Å². The number of aryl methyl sites for hydroxylation is 1. The molecule has 6 heteroatoms. The summed E-state index contributed by atoms with van der Waals surface area (Å²) in [4.78, 5) is 30.2. The molecule has 0 spiro atoms. The van der Waals surface area contributed by atoms with Crippen LogP contribution in [0.1, 0.15) is 29.4 Å². The van der Waals surface area contributed by atoms with E-state index in [1.807, 2.05) is 13.0 Å². The zero-order chi connectivity index (χ0) is 17.3. The average molecular weight is 328 g/mol. The highest BCUT2D eigenvalue weighted by molar-refractivity contribution is 5.95. The third kappa shape index (κ3) is 3.18. The molecule has 3 rings (SSSR count). The van der Waals surface area contributed by atoms with E-state index >= 15 is 0 Å². The van der Waals surface area contributed by atoms with Crippen LogP contribution in [0.15, 0.2) is 34.9 Å². The average Bonchev–Trinajstić information content (AvgIpc) is 3.08. The van der Waals surface area contributed by atoms with Gasteiger partial charge in [-0.05, 0) is 43.5 Å². The van der Waals surface area contributed by atoms with Crippen molar-refractivity contribution in [3.05, 3.63) is 41.8 Å². The van der Waals surface area contributed by atoms with Gasteiger partial charge < -0.3 is 14.4 Å². The summed E-state index contributed by atoms with van der Waals surface area (Å²) in [5.41, 5.74) is 1.78. The number of aliphatic carboxylic acids is 1. The molecule has 2 aromatic heterocycles. The predicted molar refractivity (Wildman–Crippen MR) is 87.5 cm³/mol. The number of carbonyl (C=O) groups excluding carboxylic acids is 1. The number of likely N-dealkylation sites (tertiary alicyclic amines) is 1. The molecular weight excluding hydrogens is 308 g/mol. The van der Waals surface area contributed by atoms with Crippen LogP contribution in [0, 0.1) is 18.8 Å². The van der Waals surface area contributed by atoms with Crippen molar-refractivity contribution >= 4 is 11.9 Å². The monoisotopic (exact) mass is 328 g/mol. The number of rotatable bonds is 3. The minimum absolute atomic E-state index is 0.163. The van der Waals surface area contributed by atoms with E-state index in [1.54, 1.807) is 36.3 Å². The number of nitrogens with zero attached hydrogens (tertiary/aromatic N) is 2. The fourth-order valence-electron chi connectivity index (χ4n) is 3.22. The van der Waals surface area contributed by atoms with E-state index in [2.05, 4.69) is 4.98 Å². The largest absolute Gasteiger partial charge is 0.481 e. The van der Waals surface area contributed by atoms with Crippen molar-refractivity contribution in [2.45, 2.75) is 20.3 Å². The van der Waals surface area contributed by atoms with Gasteiger partial charge in [0.25, 0.3) is 5.91 Å². The molecule has 0 aliphatic carbocycles. The number of aromatic nitrogens is 1. The number of furan rings is 1. The Kier molecular flexibility index (Phi) is 4.38. The Morgan fingerprint density at radius 2 is 2.08 bits per heavy atom. The van der Waals surface area contributed by atoms with E-state index in [1.165, 1.54) is 0 Å². The molecule has 126 valence electrons. The smallest absolute Gasteiger partial charge is 0.308 e. The summed E-state index contributed by atoms with van der Waals surface area (Å²) in [6, 6.07) is 7.08. The van der Waals surface area contributed by atoms with Gasteiger partial charge >= 0.3 is 5.97 Å². The predicted octanol–water partition coefficient (Wildman–Crippen LogP) is 2.83. The van der Waals surface area contributed by atoms with Crippen molar-refractivity contribution in [1.82, 2.24) is 9.88 Å². The maximum absolute atomic E-state index is 12.8. The molecule has 1 N–H and O–H groups in total. The lowest BCUT2D eigenvalue weighted by molar-refractivity contribution is -0.143. The minimum atomic E-state index is -0.845. The summed E-state index contributed by atoms with van der Waals surface area (Å²) in [5.74, 6) is -0.700. The number of carboxylic acids is 1. The summed E-state index contributed by atoms with van der Waals surface area (Å²) in [5, 5.41) is 9.26. The van der Waals surface area contributed by atoms with E-state index in [9.17, 15) is 14.7 Å². The summed E-state index contributed by atoms with van der Waals surface area (Å²) in [7, 11) is 0. The highest BCUT2D eigenvalue weighted by Crippen LogP contribution is 2.25. The lowest BCUT2D eigenvalue weighted by atomic mass is 9.90. The standard InChI is InChI=1S/C18H20N2O4/c1-11-8-13(18(22)23)10-20(9-11)17(21)14-5-6-15(19-12(14)2)16-4-3-7-24-16/h3-7,11,13H,8-10H2,1-2H3,(H,22,23). The van der Waals surface area contributed by atoms with Gasteiger partial charge in [-0.15, -0.1) is 0 Å². The van der Waals surface area contributed by atoms with Crippen LogP contribution in [0.5, 0.6) is 0 Å². The number of hydrogen-bond donors (Lipinski definition) is 1. The van der Waals surface area contributed by atoms with Gasteiger partial charge in [0.1, 0.15) is 5.69 Å². The molecule has 0 saturated carbocycles. The van der Waals surface area contributed by atoms with Crippen LogP contribution in [0.4, 0.5) is 0 Å². The number of carbonyl (C=O) groups is 2. The zero-order valence-electron chi connectivity index (χ0n) is 13.7. The van der Waals surface area contributed by atoms with Gasteiger partial charge in [0, 0.05) is 13.1 Å². The lowest BCUT2D eigenvalue weighted by Gasteiger charge is -2.34. The van der Waals surface area contributed by atoms with Crippen LogP contribution in [0.25, 0.3) is 11.5 Å². The summed E-state index contributed by atoms with van der Waals surface area (Å²) < 4.78 is 5.32. The van der Waals surface area contributed by atoms with Crippen molar-refractivity contribution in [1.29, 1.82) is 0 Å². The van der Waals surface area contributed by atoms with Crippen LogP contribution in [0.2, 0.25) is 0 Å². The molecule has 1 aliphatic heterocycles. The van der Waals surface area contributed by atoms with E-state index in [0.29, 0.717) is 35.7 Å². The first-order valence-corrected chi connectivity index (χ1v) is 7.99. The first-order chi connectivity index (χ1) is 11.5. The van der Waals surface area contributed by atoms with Crippen LogP contribution in [-0.2, 0) is 4.79 Å². The highest BCUT2D eigenvalue weighted by atomic mass is 16.4.